The molecule has 0 saturated carbocycles. The number of carboxylic acids is 1. The minimum Gasteiger partial charge on any atom is -0.480 e. The minimum atomic E-state index is -0.965. The predicted octanol–water partition coefficient (Wildman–Crippen LogP) is 2.87. The van der Waals surface area contributed by atoms with Crippen LogP contribution in [-0.2, 0) is 16.0 Å². The first-order valence-corrected chi connectivity index (χ1v) is 7.52. The zero-order chi connectivity index (χ0) is 15.8. The molecular formula is C17H25NO3. The lowest BCUT2D eigenvalue weighted by Crippen LogP contribution is -2.45. The number of hydrogen-bond donors (Lipinski definition) is 2. The third-order valence-corrected chi connectivity index (χ3v) is 3.63. The third-order valence-electron chi connectivity index (χ3n) is 3.63. The summed E-state index contributed by atoms with van der Waals surface area (Å²) in [6, 6.07) is 9.02. The number of nitrogens with one attached hydrogen (secondary N) is 1. The van der Waals surface area contributed by atoms with Gasteiger partial charge in [0.05, 0.1) is 0 Å². The van der Waals surface area contributed by atoms with Crippen molar-refractivity contribution in [3.63, 3.8) is 0 Å². The molecule has 1 aromatic carbocycles. The second-order valence-corrected chi connectivity index (χ2v) is 5.73. The highest BCUT2D eigenvalue weighted by atomic mass is 16.4. The monoisotopic (exact) mass is 291 g/mol. The van der Waals surface area contributed by atoms with E-state index in [0.717, 1.165) is 12.0 Å². The van der Waals surface area contributed by atoms with Crippen molar-refractivity contribution in [1.82, 2.24) is 5.32 Å². The normalized spacial score (nSPS) is 13.7. The Kier molecular flexibility index (Phi) is 6.92. The van der Waals surface area contributed by atoms with E-state index in [-0.39, 0.29) is 17.7 Å². The van der Waals surface area contributed by atoms with Crippen LogP contribution in [0, 0.1) is 11.8 Å². The molecular weight excluding hydrogens is 266 g/mol. The Balaban J connectivity index is 2.75. The van der Waals surface area contributed by atoms with Crippen LogP contribution in [-0.4, -0.2) is 23.0 Å². The van der Waals surface area contributed by atoms with Crippen LogP contribution in [0.15, 0.2) is 30.3 Å². The fraction of sp³-hybridized carbons (Fsp3) is 0.529. The summed E-state index contributed by atoms with van der Waals surface area (Å²) in [5.41, 5.74) is 1.09. The standard InChI is InChI=1S/C17H25NO3/c1-4-8-15(17(20)21)18-16(19)14(12(2)3)11-13-9-6-5-7-10-13/h5-7,9-10,12,14-15H,4,8,11H2,1-3H3,(H,18,19)(H,20,21). The van der Waals surface area contributed by atoms with E-state index < -0.39 is 12.0 Å². The molecule has 1 aromatic rings. The molecule has 0 aliphatic carbocycles. The fourth-order valence-electron chi connectivity index (χ4n) is 2.32. The first-order valence-electron chi connectivity index (χ1n) is 7.52. The highest BCUT2D eigenvalue weighted by Gasteiger charge is 2.26. The van der Waals surface area contributed by atoms with Gasteiger partial charge in [0.2, 0.25) is 5.91 Å². The lowest BCUT2D eigenvalue weighted by atomic mass is 9.88. The minimum absolute atomic E-state index is 0.154. The molecule has 2 atom stereocenters. The predicted molar refractivity (Wildman–Crippen MR) is 82.9 cm³/mol. The second kappa shape index (κ2) is 8.45. The number of carbonyl (C=O) groups is 2. The lowest BCUT2D eigenvalue weighted by Gasteiger charge is -2.23. The molecule has 4 heteroatoms. The van der Waals surface area contributed by atoms with Gasteiger partial charge in [-0.3, -0.25) is 4.79 Å². The van der Waals surface area contributed by atoms with Gasteiger partial charge in [0.15, 0.2) is 0 Å². The van der Waals surface area contributed by atoms with Crippen molar-refractivity contribution in [2.45, 2.75) is 46.1 Å². The maximum absolute atomic E-state index is 12.4. The maximum atomic E-state index is 12.4. The lowest BCUT2D eigenvalue weighted by molar-refractivity contribution is -0.143. The first-order chi connectivity index (χ1) is 9.95. The molecule has 116 valence electrons. The molecule has 0 spiro atoms. The second-order valence-electron chi connectivity index (χ2n) is 5.73. The molecule has 0 aliphatic rings. The van der Waals surface area contributed by atoms with Crippen LogP contribution in [0.2, 0.25) is 0 Å². The van der Waals surface area contributed by atoms with E-state index in [0.29, 0.717) is 12.8 Å². The largest absolute Gasteiger partial charge is 0.480 e. The van der Waals surface area contributed by atoms with Crippen molar-refractivity contribution < 1.29 is 14.7 Å². The Morgan fingerprint density at radius 3 is 2.29 bits per heavy atom. The van der Waals surface area contributed by atoms with E-state index in [1.165, 1.54) is 0 Å². The van der Waals surface area contributed by atoms with E-state index in [4.69, 9.17) is 5.11 Å². The highest BCUT2D eigenvalue weighted by molar-refractivity contribution is 5.85. The summed E-state index contributed by atoms with van der Waals surface area (Å²) in [6.45, 7) is 5.89. The summed E-state index contributed by atoms with van der Waals surface area (Å²) in [4.78, 5) is 23.6. The van der Waals surface area contributed by atoms with Crippen LogP contribution in [0.5, 0.6) is 0 Å². The molecule has 2 unspecified atom stereocenters. The van der Waals surface area contributed by atoms with E-state index in [1.807, 2.05) is 51.1 Å². The van der Waals surface area contributed by atoms with E-state index in [1.54, 1.807) is 0 Å². The van der Waals surface area contributed by atoms with E-state index in [2.05, 4.69) is 5.32 Å². The van der Waals surface area contributed by atoms with Crippen molar-refractivity contribution in [3.8, 4) is 0 Å². The molecule has 0 aromatic heterocycles. The van der Waals surface area contributed by atoms with Crippen LogP contribution in [0.4, 0.5) is 0 Å². The quantitative estimate of drug-likeness (QED) is 0.774. The Bertz CT molecular complexity index is 456. The smallest absolute Gasteiger partial charge is 0.326 e. The van der Waals surface area contributed by atoms with Crippen LogP contribution < -0.4 is 5.32 Å². The van der Waals surface area contributed by atoms with Crippen molar-refractivity contribution in [2.75, 3.05) is 0 Å². The number of benzene rings is 1. The van der Waals surface area contributed by atoms with Gasteiger partial charge in [-0.15, -0.1) is 0 Å². The Morgan fingerprint density at radius 2 is 1.81 bits per heavy atom. The van der Waals surface area contributed by atoms with Gasteiger partial charge in [-0.1, -0.05) is 57.5 Å². The van der Waals surface area contributed by atoms with Gasteiger partial charge in [0, 0.05) is 5.92 Å². The van der Waals surface area contributed by atoms with Crippen molar-refractivity contribution >= 4 is 11.9 Å². The molecule has 2 N–H and O–H groups in total. The SMILES string of the molecule is CCCC(NC(=O)C(Cc1ccccc1)C(C)C)C(=O)O. The Labute approximate surface area is 126 Å². The van der Waals surface area contributed by atoms with Gasteiger partial charge in [-0.25, -0.2) is 4.79 Å². The summed E-state index contributed by atoms with van der Waals surface area (Å²) < 4.78 is 0. The van der Waals surface area contributed by atoms with Gasteiger partial charge in [-0.05, 0) is 24.3 Å². The first kappa shape index (κ1) is 17.2. The summed E-state index contributed by atoms with van der Waals surface area (Å²) in [7, 11) is 0. The van der Waals surface area contributed by atoms with Crippen LogP contribution in [0.1, 0.15) is 39.2 Å². The number of hydrogen-bond acceptors (Lipinski definition) is 2. The zero-order valence-electron chi connectivity index (χ0n) is 13.0. The number of carbonyl (C=O) groups excluding carboxylic acids is 1. The number of amides is 1. The van der Waals surface area contributed by atoms with Crippen molar-refractivity contribution in [2.24, 2.45) is 11.8 Å². The molecule has 0 fully saturated rings. The fourth-order valence-corrected chi connectivity index (χ4v) is 2.32. The van der Waals surface area contributed by atoms with E-state index in [9.17, 15) is 9.59 Å². The molecule has 0 radical (unpaired) electrons. The molecule has 21 heavy (non-hydrogen) atoms. The summed E-state index contributed by atoms with van der Waals surface area (Å²) in [5.74, 6) is -1.20. The molecule has 0 heterocycles. The molecule has 1 rings (SSSR count). The molecule has 0 saturated heterocycles. The van der Waals surface area contributed by atoms with Gasteiger partial charge in [-0.2, -0.15) is 0 Å². The van der Waals surface area contributed by atoms with Gasteiger partial charge in [0.25, 0.3) is 0 Å². The van der Waals surface area contributed by atoms with E-state index >= 15 is 0 Å². The Hall–Kier alpha value is -1.84. The van der Waals surface area contributed by atoms with Crippen LogP contribution in [0.25, 0.3) is 0 Å². The molecule has 0 aliphatic heterocycles. The van der Waals surface area contributed by atoms with Crippen molar-refractivity contribution in [3.05, 3.63) is 35.9 Å². The zero-order valence-corrected chi connectivity index (χ0v) is 13.0. The number of aliphatic carboxylic acids is 1. The van der Waals surface area contributed by atoms with Crippen LogP contribution in [0.3, 0.4) is 0 Å². The molecule has 0 bridgehead atoms. The topological polar surface area (TPSA) is 66.4 Å². The van der Waals surface area contributed by atoms with Gasteiger partial charge < -0.3 is 10.4 Å². The Morgan fingerprint density at radius 1 is 1.19 bits per heavy atom. The summed E-state index contributed by atoms with van der Waals surface area (Å²) in [6.07, 6.45) is 1.81. The third kappa shape index (κ3) is 5.58. The average Bonchev–Trinajstić information content (AvgIpc) is 2.44. The van der Waals surface area contributed by atoms with Gasteiger partial charge in [0.1, 0.15) is 6.04 Å². The average molecular weight is 291 g/mol. The number of rotatable bonds is 8. The van der Waals surface area contributed by atoms with Crippen LogP contribution >= 0.6 is 0 Å². The highest BCUT2D eigenvalue weighted by Crippen LogP contribution is 2.18. The molecule has 1 amide bonds. The maximum Gasteiger partial charge on any atom is 0.326 e. The molecule has 4 nitrogen and oxygen atoms in total. The van der Waals surface area contributed by atoms with Gasteiger partial charge >= 0.3 is 5.97 Å². The summed E-state index contributed by atoms with van der Waals surface area (Å²) >= 11 is 0. The van der Waals surface area contributed by atoms with Crippen molar-refractivity contribution in [1.29, 1.82) is 0 Å². The summed E-state index contributed by atoms with van der Waals surface area (Å²) in [5, 5.41) is 11.8. The number of carboxylic acid groups (broad SMARTS) is 1.